The number of pyridine rings is 1. The number of esters is 1. The first-order valence-electron chi connectivity index (χ1n) is 7.03. The Labute approximate surface area is 115 Å². The van der Waals surface area contributed by atoms with Crippen molar-refractivity contribution in [2.24, 2.45) is 5.73 Å². The van der Waals surface area contributed by atoms with Gasteiger partial charge in [0.25, 0.3) is 0 Å². The minimum atomic E-state index is -0.355. The molecule has 1 aromatic rings. The molecule has 0 aliphatic carbocycles. The van der Waals surface area contributed by atoms with E-state index in [-0.39, 0.29) is 12.1 Å². The molecule has 0 aromatic carbocycles. The highest BCUT2D eigenvalue weighted by molar-refractivity contribution is 5.87. The average molecular weight is 264 g/mol. The van der Waals surface area contributed by atoms with Crippen molar-refractivity contribution >= 4 is 5.97 Å². The minimum absolute atomic E-state index is 0.0552. The molecule has 0 aliphatic heterocycles. The second kappa shape index (κ2) is 8.64. The Hall–Kier alpha value is -1.42. The van der Waals surface area contributed by atoms with Gasteiger partial charge in [-0.2, -0.15) is 0 Å². The van der Waals surface area contributed by atoms with Gasteiger partial charge < -0.3 is 10.5 Å². The molecular formula is C15H24N2O2. The van der Waals surface area contributed by atoms with E-state index in [9.17, 15) is 4.79 Å². The number of nitrogens with zero attached hydrogens (tertiary/aromatic N) is 1. The standard InChI is InChI=1S/C15H24N2O2/c1-3-4-5-6-7-12(2)19-15(18)14-9-8-13(10-16)11-17-14/h8-9,11-12H,3-7,10,16H2,1-2H3. The van der Waals surface area contributed by atoms with E-state index >= 15 is 0 Å². The van der Waals surface area contributed by atoms with Crippen LogP contribution in [0.1, 0.15) is 62.0 Å². The number of nitrogens with two attached hydrogens (primary N) is 1. The van der Waals surface area contributed by atoms with Crippen LogP contribution in [0.3, 0.4) is 0 Å². The second-order valence-electron chi connectivity index (χ2n) is 4.82. The average Bonchev–Trinajstić information content (AvgIpc) is 2.43. The predicted molar refractivity (Wildman–Crippen MR) is 75.8 cm³/mol. The fourth-order valence-electron chi connectivity index (χ4n) is 1.83. The third-order valence-electron chi connectivity index (χ3n) is 3.04. The Kier molecular flexibility index (Phi) is 7.11. The lowest BCUT2D eigenvalue weighted by molar-refractivity contribution is 0.0312. The largest absolute Gasteiger partial charge is 0.458 e. The maximum atomic E-state index is 11.8. The Morgan fingerprint density at radius 1 is 1.37 bits per heavy atom. The Morgan fingerprint density at radius 3 is 2.74 bits per heavy atom. The lowest BCUT2D eigenvalue weighted by Crippen LogP contribution is -2.16. The summed E-state index contributed by atoms with van der Waals surface area (Å²) < 4.78 is 5.36. The maximum Gasteiger partial charge on any atom is 0.357 e. The van der Waals surface area contributed by atoms with Crippen molar-refractivity contribution in [2.45, 2.75) is 58.6 Å². The molecule has 1 rings (SSSR count). The minimum Gasteiger partial charge on any atom is -0.458 e. The van der Waals surface area contributed by atoms with E-state index in [1.165, 1.54) is 19.3 Å². The van der Waals surface area contributed by atoms with Crippen LogP contribution in [0.4, 0.5) is 0 Å². The number of aromatic nitrogens is 1. The molecule has 4 heteroatoms. The highest BCUT2D eigenvalue weighted by atomic mass is 16.5. The first kappa shape index (κ1) is 15.6. The van der Waals surface area contributed by atoms with Crippen LogP contribution < -0.4 is 5.73 Å². The summed E-state index contributed by atoms with van der Waals surface area (Å²) in [5.41, 5.74) is 6.73. The number of ether oxygens (including phenoxy) is 1. The van der Waals surface area contributed by atoms with Crippen LogP contribution >= 0.6 is 0 Å². The molecule has 106 valence electrons. The molecule has 0 aliphatic rings. The molecule has 0 bridgehead atoms. The van der Waals surface area contributed by atoms with E-state index in [0.717, 1.165) is 18.4 Å². The first-order chi connectivity index (χ1) is 9.17. The lowest BCUT2D eigenvalue weighted by Gasteiger charge is -2.12. The van der Waals surface area contributed by atoms with Gasteiger partial charge in [0.15, 0.2) is 0 Å². The van der Waals surface area contributed by atoms with Gasteiger partial charge in [-0.05, 0) is 31.4 Å². The second-order valence-corrected chi connectivity index (χ2v) is 4.82. The quantitative estimate of drug-likeness (QED) is 0.579. The van der Waals surface area contributed by atoms with Gasteiger partial charge >= 0.3 is 5.97 Å². The van der Waals surface area contributed by atoms with Crippen LogP contribution in [0.5, 0.6) is 0 Å². The van der Waals surface area contributed by atoms with E-state index in [0.29, 0.717) is 12.2 Å². The van der Waals surface area contributed by atoms with Crippen molar-refractivity contribution in [3.63, 3.8) is 0 Å². The zero-order valence-corrected chi connectivity index (χ0v) is 11.9. The van der Waals surface area contributed by atoms with Gasteiger partial charge in [-0.15, -0.1) is 0 Å². The maximum absolute atomic E-state index is 11.8. The summed E-state index contributed by atoms with van der Waals surface area (Å²) in [6.07, 6.45) is 7.22. The molecule has 4 nitrogen and oxygen atoms in total. The smallest absolute Gasteiger partial charge is 0.357 e. The number of hydrogen-bond donors (Lipinski definition) is 1. The van der Waals surface area contributed by atoms with Gasteiger partial charge in [-0.25, -0.2) is 9.78 Å². The predicted octanol–water partition coefficient (Wildman–Crippen LogP) is 3.06. The SMILES string of the molecule is CCCCCCC(C)OC(=O)c1ccc(CN)cn1. The fraction of sp³-hybridized carbons (Fsp3) is 0.600. The van der Waals surface area contributed by atoms with Gasteiger partial charge in [-0.3, -0.25) is 0 Å². The first-order valence-corrected chi connectivity index (χ1v) is 7.03. The summed E-state index contributed by atoms with van der Waals surface area (Å²) >= 11 is 0. The lowest BCUT2D eigenvalue weighted by atomic mass is 10.1. The zero-order chi connectivity index (χ0) is 14.1. The van der Waals surface area contributed by atoms with Crippen molar-refractivity contribution in [2.75, 3.05) is 0 Å². The normalized spacial score (nSPS) is 12.2. The molecular weight excluding hydrogens is 240 g/mol. The Balaban J connectivity index is 2.36. The van der Waals surface area contributed by atoms with E-state index in [1.54, 1.807) is 18.3 Å². The van der Waals surface area contributed by atoms with Crippen LogP contribution in [0.2, 0.25) is 0 Å². The zero-order valence-electron chi connectivity index (χ0n) is 11.9. The summed E-state index contributed by atoms with van der Waals surface area (Å²) in [4.78, 5) is 15.9. The molecule has 0 saturated heterocycles. The Bertz CT molecular complexity index is 376. The fourth-order valence-corrected chi connectivity index (χ4v) is 1.83. The van der Waals surface area contributed by atoms with Gasteiger partial charge in [0, 0.05) is 12.7 Å². The number of hydrogen-bond acceptors (Lipinski definition) is 4. The summed E-state index contributed by atoms with van der Waals surface area (Å²) in [6.45, 7) is 4.54. The van der Waals surface area contributed by atoms with Crippen LogP contribution in [-0.2, 0) is 11.3 Å². The molecule has 0 fully saturated rings. The molecule has 2 N–H and O–H groups in total. The third kappa shape index (κ3) is 5.83. The van der Waals surface area contributed by atoms with Crippen LogP contribution in [0.15, 0.2) is 18.3 Å². The highest BCUT2D eigenvalue weighted by Gasteiger charge is 2.12. The molecule has 1 aromatic heterocycles. The van der Waals surface area contributed by atoms with E-state index < -0.39 is 0 Å². The van der Waals surface area contributed by atoms with Crippen molar-refractivity contribution in [3.8, 4) is 0 Å². The van der Waals surface area contributed by atoms with Gasteiger partial charge in [0.05, 0.1) is 6.10 Å². The van der Waals surface area contributed by atoms with Crippen molar-refractivity contribution in [1.82, 2.24) is 4.98 Å². The summed E-state index contributed by atoms with van der Waals surface area (Å²) in [5, 5.41) is 0. The monoisotopic (exact) mass is 264 g/mol. The van der Waals surface area contributed by atoms with Gasteiger partial charge in [0.2, 0.25) is 0 Å². The van der Waals surface area contributed by atoms with E-state index in [4.69, 9.17) is 10.5 Å². The molecule has 19 heavy (non-hydrogen) atoms. The van der Waals surface area contributed by atoms with Crippen LogP contribution in [-0.4, -0.2) is 17.1 Å². The van der Waals surface area contributed by atoms with E-state index in [1.807, 2.05) is 6.92 Å². The molecule has 1 atom stereocenters. The summed E-state index contributed by atoms with van der Waals surface area (Å²) in [5.74, 6) is -0.355. The highest BCUT2D eigenvalue weighted by Crippen LogP contribution is 2.10. The molecule has 1 heterocycles. The number of rotatable bonds is 8. The Morgan fingerprint density at radius 2 is 2.16 bits per heavy atom. The van der Waals surface area contributed by atoms with Crippen LogP contribution in [0, 0.1) is 0 Å². The van der Waals surface area contributed by atoms with Gasteiger partial charge in [0.1, 0.15) is 5.69 Å². The van der Waals surface area contributed by atoms with Crippen molar-refractivity contribution in [1.29, 1.82) is 0 Å². The van der Waals surface area contributed by atoms with Crippen molar-refractivity contribution in [3.05, 3.63) is 29.6 Å². The number of carbonyl (C=O) groups excluding carboxylic acids is 1. The molecule has 0 amide bonds. The summed E-state index contributed by atoms with van der Waals surface area (Å²) in [6, 6.07) is 3.46. The topological polar surface area (TPSA) is 65.2 Å². The molecule has 0 radical (unpaired) electrons. The van der Waals surface area contributed by atoms with Crippen LogP contribution in [0.25, 0.3) is 0 Å². The van der Waals surface area contributed by atoms with Gasteiger partial charge in [-0.1, -0.05) is 32.3 Å². The molecule has 1 unspecified atom stereocenters. The van der Waals surface area contributed by atoms with Crippen molar-refractivity contribution < 1.29 is 9.53 Å². The van der Waals surface area contributed by atoms with E-state index in [2.05, 4.69) is 11.9 Å². The molecule has 0 spiro atoms. The molecule has 0 saturated carbocycles. The summed E-state index contributed by atoms with van der Waals surface area (Å²) in [7, 11) is 0. The third-order valence-corrected chi connectivity index (χ3v) is 3.04. The number of unbranched alkanes of at least 4 members (excludes halogenated alkanes) is 3. The number of carbonyl (C=O) groups is 1.